The predicted octanol–water partition coefficient (Wildman–Crippen LogP) is 4.93. The molecule has 0 spiro atoms. The van der Waals surface area contributed by atoms with Crippen molar-refractivity contribution < 1.29 is 13.2 Å². The van der Waals surface area contributed by atoms with Gasteiger partial charge in [0.2, 0.25) is 0 Å². The van der Waals surface area contributed by atoms with Gasteiger partial charge in [0.15, 0.2) is 5.16 Å². The van der Waals surface area contributed by atoms with Gasteiger partial charge in [-0.1, -0.05) is 35.5 Å². The van der Waals surface area contributed by atoms with Crippen LogP contribution in [0.4, 0.5) is 11.4 Å². The number of aromatic nitrogens is 2. The number of amides is 1. The van der Waals surface area contributed by atoms with Crippen molar-refractivity contribution in [3.05, 3.63) is 96.3 Å². The van der Waals surface area contributed by atoms with E-state index >= 15 is 0 Å². The molecule has 3 aromatic carbocycles. The van der Waals surface area contributed by atoms with Gasteiger partial charge in [0.1, 0.15) is 0 Å². The number of sulfonamides is 1. The molecule has 9 heteroatoms. The lowest BCUT2D eigenvalue weighted by Gasteiger charge is -2.10. The second kappa shape index (κ2) is 9.51. The lowest BCUT2D eigenvalue weighted by Crippen LogP contribution is -2.16. The van der Waals surface area contributed by atoms with Gasteiger partial charge >= 0.3 is 0 Å². The predicted molar refractivity (Wildman–Crippen MR) is 130 cm³/mol. The number of hydrogen-bond donors (Lipinski definition) is 2. The number of nitrogens with zero attached hydrogens (tertiary/aromatic N) is 2. The van der Waals surface area contributed by atoms with Crippen LogP contribution in [-0.4, -0.2) is 23.9 Å². The highest BCUT2D eigenvalue weighted by Crippen LogP contribution is 2.27. The van der Waals surface area contributed by atoms with Gasteiger partial charge in [0.05, 0.1) is 4.90 Å². The van der Waals surface area contributed by atoms with Gasteiger partial charge in [-0.2, -0.15) is 0 Å². The Kier molecular flexibility index (Phi) is 6.52. The lowest BCUT2D eigenvalue weighted by molar-refractivity contribution is 0.102. The molecule has 0 aliphatic carbocycles. The van der Waals surface area contributed by atoms with E-state index in [1.54, 1.807) is 42.6 Å². The molecule has 0 atom stereocenters. The number of imidazole rings is 1. The quantitative estimate of drug-likeness (QED) is 0.393. The zero-order chi connectivity index (χ0) is 23.4. The van der Waals surface area contributed by atoms with E-state index in [2.05, 4.69) is 15.0 Å². The number of benzene rings is 3. The fourth-order valence-electron chi connectivity index (χ4n) is 3.01. The number of carbonyl (C=O) groups excluding carboxylic acids is 1. The Hall–Kier alpha value is -3.56. The molecule has 4 rings (SSSR count). The maximum absolute atomic E-state index is 12.8. The topological polar surface area (TPSA) is 93.1 Å². The molecule has 0 saturated heterocycles. The van der Waals surface area contributed by atoms with Crippen LogP contribution in [-0.2, 0) is 17.1 Å². The molecule has 0 bridgehead atoms. The van der Waals surface area contributed by atoms with Crippen molar-refractivity contribution in [1.82, 2.24) is 9.55 Å². The van der Waals surface area contributed by atoms with Gasteiger partial charge in [-0.15, -0.1) is 0 Å². The van der Waals surface area contributed by atoms with E-state index in [9.17, 15) is 13.2 Å². The van der Waals surface area contributed by atoms with Crippen LogP contribution in [0.5, 0.6) is 0 Å². The molecule has 33 heavy (non-hydrogen) atoms. The molecule has 0 radical (unpaired) electrons. The van der Waals surface area contributed by atoms with E-state index in [0.717, 1.165) is 15.6 Å². The zero-order valence-electron chi connectivity index (χ0n) is 18.0. The molecule has 0 aliphatic rings. The molecule has 0 aliphatic heterocycles. The summed E-state index contributed by atoms with van der Waals surface area (Å²) in [6.07, 6.45) is 3.61. The fraction of sp³-hybridized carbons (Fsp3) is 0.0833. The zero-order valence-corrected chi connectivity index (χ0v) is 19.7. The third kappa shape index (κ3) is 5.63. The summed E-state index contributed by atoms with van der Waals surface area (Å²) in [7, 11) is -1.90. The molecule has 1 amide bonds. The van der Waals surface area contributed by atoms with Gasteiger partial charge in [0.25, 0.3) is 15.9 Å². The Bertz CT molecular complexity index is 1380. The molecule has 2 N–H and O–H groups in total. The average molecular weight is 479 g/mol. The smallest absolute Gasteiger partial charge is 0.261 e. The van der Waals surface area contributed by atoms with Crippen LogP contribution >= 0.6 is 11.8 Å². The molecule has 1 heterocycles. The van der Waals surface area contributed by atoms with Crippen molar-refractivity contribution >= 4 is 39.1 Å². The number of carbonyl (C=O) groups is 1. The van der Waals surface area contributed by atoms with E-state index in [1.807, 2.05) is 49.0 Å². The Morgan fingerprint density at radius 1 is 0.970 bits per heavy atom. The molecule has 0 unspecified atom stereocenters. The number of rotatable bonds is 7. The second-order valence-corrected chi connectivity index (χ2v) is 10.1. The summed E-state index contributed by atoms with van der Waals surface area (Å²) >= 11 is 1.52. The van der Waals surface area contributed by atoms with Crippen molar-refractivity contribution in [1.29, 1.82) is 0 Å². The van der Waals surface area contributed by atoms with Crippen molar-refractivity contribution in [3.63, 3.8) is 0 Å². The highest BCUT2D eigenvalue weighted by atomic mass is 32.2. The average Bonchev–Trinajstić information content (AvgIpc) is 3.21. The Morgan fingerprint density at radius 2 is 1.67 bits per heavy atom. The number of hydrogen-bond acceptors (Lipinski definition) is 5. The van der Waals surface area contributed by atoms with Crippen molar-refractivity contribution in [3.8, 4) is 0 Å². The molecular weight excluding hydrogens is 456 g/mol. The van der Waals surface area contributed by atoms with Crippen molar-refractivity contribution in [2.24, 2.45) is 7.05 Å². The van der Waals surface area contributed by atoms with Crippen LogP contribution in [0.1, 0.15) is 15.9 Å². The highest BCUT2D eigenvalue weighted by molar-refractivity contribution is 7.99. The minimum atomic E-state index is -3.83. The van der Waals surface area contributed by atoms with E-state index in [4.69, 9.17) is 0 Å². The summed E-state index contributed by atoms with van der Waals surface area (Å²) in [6, 6.07) is 20.3. The molecule has 1 aromatic heterocycles. The van der Waals surface area contributed by atoms with Crippen LogP contribution in [0, 0.1) is 6.92 Å². The molecule has 168 valence electrons. The van der Waals surface area contributed by atoms with E-state index in [-0.39, 0.29) is 10.5 Å². The number of aryl methyl sites for hydroxylation is 2. The summed E-state index contributed by atoms with van der Waals surface area (Å²) in [5, 5.41) is 3.67. The standard InChI is InChI=1S/C24H22N4O3S2/c1-17-6-8-20(9-7-17)27-33(30,31)22-5-3-4-18(16-22)23(29)26-19-10-12-21(13-11-19)32-24-25-14-15-28(24)2/h3-16,27H,1-2H3,(H,26,29). The van der Waals surface area contributed by atoms with Crippen LogP contribution in [0.3, 0.4) is 0 Å². The largest absolute Gasteiger partial charge is 0.329 e. The number of anilines is 2. The summed E-state index contributed by atoms with van der Waals surface area (Å²) < 4.78 is 30.0. The molecule has 4 aromatic rings. The summed E-state index contributed by atoms with van der Waals surface area (Å²) in [6.45, 7) is 1.92. The Morgan fingerprint density at radius 3 is 2.33 bits per heavy atom. The molecule has 0 fully saturated rings. The molecule has 7 nitrogen and oxygen atoms in total. The second-order valence-electron chi connectivity index (χ2n) is 7.40. The highest BCUT2D eigenvalue weighted by Gasteiger charge is 2.17. The van der Waals surface area contributed by atoms with Gasteiger partial charge in [-0.25, -0.2) is 13.4 Å². The Labute approximate surface area is 196 Å². The maximum atomic E-state index is 12.8. The normalized spacial score (nSPS) is 11.2. The van der Waals surface area contributed by atoms with Crippen LogP contribution in [0.2, 0.25) is 0 Å². The third-order valence-electron chi connectivity index (χ3n) is 4.81. The van der Waals surface area contributed by atoms with Crippen LogP contribution in [0.15, 0.2) is 100 Å². The van der Waals surface area contributed by atoms with Gasteiger partial charge < -0.3 is 9.88 Å². The lowest BCUT2D eigenvalue weighted by atomic mass is 10.2. The minimum absolute atomic E-state index is 0.0116. The summed E-state index contributed by atoms with van der Waals surface area (Å²) in [4.78, 5) is 18.0. The first-order valence-corrected chi connectivity index (χ1v) is 12.4. The van der Waals surface area contributed by atoms with Crippen molar-refractivity contribution in [2.45, 2.75) is 21.9 Å². The summed E-state index contributed by atoms with van der Waals surface area (Å²) in [5.74, 6) is -0.396. The third-order valence-corrected chi connectivity index (χ3v) is 7.27. The van der Waals surface area contributed by atoms with Gasteiger partial charge in [0, 0.05) is 41.3 Å². The summed E-state index contributed by atoms with van der Waals surface area (Å²) in [5.41, 5.74) is 2.34. The van der Waals surface area contributed by atoms with E-state index < -0.39 is 15.9 Å². The van der Waals surface area contributed by atoms with Gasteiger partial charge in [-0.05, 0) is 61.5 Å². The van der Waals surface area contributed by atoms with E-state index in [0.29, 0.717) is 11.4 Å². The molecule has 0 saturated carbocycles. The van der Waals surface area contributed by atoms with E-state index in [1.165, 1.54) is 23.9 Å². The monoisotopic (exact) mass is 478 g/mol. The first-order chi connectivity index (χ1) is 15.8. The minimum Gasteiger partial charge on any atom is -0.329 e. The van der Waals surface area contributed by atoms with Crippen LogP contribution < -0.4 is 10.0 Å². The van der Waals surface area contributed by atoms with Crippen molar-refractivity contribution in [2.75, 3.05) is 10.0 Å². The van der Waals surface area contributed by atoms with Gasteiger partial charge in [-0.3, -0.25) is 9.52 Å². The first-order valence-electron chi connectivity index (χ1n) is 10.1. The first kappa shape index (κ1) is 22.6. The maximum Gasteiger partial charge on any atom is 0.261 e. The Balaban J connectivity index is 1.45. The molecular formula is C24H22N4O3S2. The SMILES string of the molecule is Cc1ccc(NS(=O)(=O)c2cccc(C(=O)Nc3ccc(Sc4nccn4C)cc3)c2)cc1. The fourth-order valence-corrected chi connectivity index (χ4v) is 4.91. The number of nitrogens with one attached hydrogen (secondary N) is 2. The van der Waals surface area contributed by atoms with Crippen LogP contribution in [0.25, 0.3) is 0 Å².